The summed E-state index contributed by atoms with van der Waals surface area (Å²) in [7, 11) is 0. The van der Waals surface area contributed by atoms with Crippen LogP contribution in [0, 0.1) is 0 Å². The molecule has 2 aromatic carbocycles. The molecule has 8 nitrogen and oxygen atoms in total. The molecule has 33 heavy (non-hydrogen) atoms. The fraction of sp³-hybridized carbons (Fsp3) is 0.333. The van der Waals surface area contributed by atoms with Crippen LogP contribution in [0.15, 0.2) is 53.6 Å². The molecule has 0 radical (unpaired) electrons. The minimum atomic E-state index is -0.142. The standard InChI is InChI=1S/C24H27N5O3S/c1-15-12-29(13-16(2)32-15)23-24(28-21-7-5-4-6-20(21)27-23)33-14-22(31)26-19-10-8-18(9-11-19)25-17(3)30/h4-11,15-16H,12-14H2,1-3H3,(H,25,30)(H,26,31). The van der Waals surface area contributed by atoms with Crippen LogP contribution in [0.4, 0.5) is 17.2 Å². The van der Waals surface area contributed by atoms with Gasteiger partial charge in [0.05, 0.1) is 29.0 Å². The van der Waals surface area contributed by atoms with Crippen LogP contribution >= 0.6 is 11.8 Å². The predicted octanol–water partition coefficient (Wildman–Crippen LogP) is 3.93. The van der Waals surface area contributed by atoms with Crippen molar-refractivity contribution < 1.29 is 14.3 Å². The van der Waals surface area contributed by atoms with Gasteiger partial charge in [-0.05, 0) is 50.2 Å². The van der Waals surface area contributed by atoms with E-state index >= 15 is 0 Å². The Labute approximate surface area is 197 Å². The van der Waals surface area contributed by atoms with E-state index in [0.717, 1.165) is 35.0 Å². The summed E-state index contributed by atoms with van der Waals surface area (Å²) >= 11 is 1.37. The van der Waals surface area contributed by atoms with E-state index in [9.17, 15) is 9.59 Å². The maximum absolute atomic E-state index is 12.6. The van der Waals surface area contributed by atoms with Gasteiger partial charge in [0.25, 0.3) is 0 Å². The number of rotatable bonds is 6. The lowest BCUT2D eigenvalue weighted by Crippen LogP contribution is -2.46. The fourth-order valence-electron chi connectivity index (χ4n) is 3.80. The van der Waals surface area contributed by atoms with Crippen LogP contribution in [0.3, 0.4) is 0 Å². The van der Waals surface area contributed by atoms with Crippen molar-refractivity contribution in [2.45, 2.75) is 38.0 Å². The molecule has 0 saturated carbocycles. The summed E-state index contributed by atoms with van der Waals surface area (Å²) in [5.74, 6) is 0.702. The summed E-state index contributed by atoms with van der Waals surface area (Å²) in [6.07, 6.45) is 0.173. The van der Waals surface area contributed by atoms with Crippen LogP contribution in [-0.2, 0) is 14.3 Å². The number of amides is 2. The van der Waals surface area contributed by atoms with Crippen molar-refractivity contribution in [1.82, 2.24) is 9.97 Å². The van der Waals surface area contributed by atoms with Crippen molar-refractivity contribution >= 4 is 51.8 Å². The average molecular weight is 466 g/mol. The van der Waals surface area contributed by atoms with Crippen LogP contribution < -0.4 is 15.5 Å². The van der Waals surface area contributed by atoms with Gasteiger partial charge in [-0.15, -0.1) is 0 Å². The number of thioether (sulfide) groups is 1. The number of benzene rings is 2. The predicted molar refractivity (Wildman–Crippen MR) is 132 cm³/mol. The minimum Gasteiger partial charge on any atom is -0.372 e. The first kappa shape index (κ1) is 23.0. The molecule has 2 N–H and O–H groups in total. The monoisotopic (exact) mass is 465 g/mol. The summed E-state index contributed by atoms with van der Waals surface area (Å²) in [4.78, 5) is 35.7. The smallest absolute Gasteiger partial charge is 0.234 e. The maximum atomic E-state index is 12.6. The van der Waals surface area contributed by atoms with Crippen LogP contribution in [0.25, 0.3) is 11.0 Å². The molecule has 0 bridgehead atoms. The zero-order valence-corrected chi connectivity index (χ0v) is 19.7. The SMILES string of the molecule is CC(=O)Nc1ccc(NC(=O)CSc2nc3ccccc3nc2N2CC(C)OC(C)C2)cc1. The molecule has 2 atom stereocenters. The van der Waals surface area contributed by atoms with Crippen molar-refractivity contribution in [2.24, 2.45) is 0 Å². The number of anilines is 3. The highest BCUT2D eigenvalue weighted by molar-refractivity contribution is 8.00. The zero-order valence-electron chi connectivity index (χ0n) is 18.9. The number of fused-ring (bicyclic) bond motifs is 1. The van der Waals surface area contributed by atoms with E-state index in [2.05, 4.69) is 29.4 Å². The number of morpholine rings is 1. The van der Waals surface area contributed by atoms with Gasteiger partial charge in [-0.3, -0.25) is 9.59 Å². The summed E-state index contributed by atoms with van der Waals surface area (Å²) < 4.78 is 5.88. The van der Waals surface area contributed by atoms with E-state index < -0.39 is 0 Å². The molecule has 1 saturated heterocycles. The highest BCUT2D eigenvalue weighted by Crippen LogP contribution is 2.31. The first-order chi connectivity index (χ1) is 15.9. The molecule has 1 aromatic heterocycles. The molecule has 0 spiro atoms. The largest absolute Gasteiger partial charge is 0.372 e. The molecule has 4 rings (SSSR count). The molecule has 2 heterocycles. The Kier molecular flexibility index (Phi) is 7.10. The Morgan fingerprint density at radius 2 is 1.55 bits per heavy atom. The van der Waals surface area contributed by atoms with Crippen molar-refractivity contribution in [3.8, 4) is 0 Å². The van der Waals surface area contributed by atoms with Gasteiger partial charge in [0.1, 0.15) is 5.03 Å². The number of para-hydroxylation sites is 2. The molecule has 2 amide bonds. The van der Waals surface area contributed by atoms with E-state index in [4.69, 9.17) is 14.7 Å². The van der Waals surface area contributed by atoms with Crippen molar-refractivity contribution in [1.29, 1.82) is 0 Å². The lowest BCUT2D eigenvalue weighted by molar-refractivity contribution is -0.114. The van der Waals surface area contributed by atoms with Gasteiger partial charge < -0.3 is 20.3 Å². The fourth-order valence-corrected chi connectivity index (χ4v) is 4.61. The molecule has 1 aliphatic rings. The molecule has 1 aliphatic heterocycles. The van der Waals surface area contributed by atoms with E-state index in [0.29, 0.717) is 11.4 Å². The number of nitrogens with zero attached hydrogens (tertiary/aromatic N) is 3. The molecule has 9 heteroatoms. The van der Waals surface area contributed by atoms with E-state index in [-0.39, 0.29) is 29.8 Å². The number of hydrogen-bond acceptors (Lipinski definition) is 7. The van der Waals surface area contributed by atoms with Crippen LogP contribution in [0.5, 0.6) is 0 Å². The zero-order chi connectivity index (χ0) is 23.4. The van der Waals surface area contributed by atoms with Gasteiger partial charge >= 0.3 is 0 Å². The van der Waals surface area contributed by atoms with Crippen LogP contribution in [-0.4, -0.2) is 52.8 Å². The van der Waals surface area contributed by atoms with Gasteiger partial charge in [-0.2, -0.15) is 0 Å². The second-order valence-electron chi connectivity index (χ2n) is 8.10. The Hall–Kier alpha value is -3.17. The average Bonchev–Trinajstić information content (AvgIpc) is 2.77. The highest BCUT2D eigenvalue weighted by atomic mass is 32.2. The number of nitrogens with one attached hydrogen (secondary N) is 2. The van der Waals surface area contributed by atoms with E-state index in [1.165, 1.54) is 18.7 Å². The summed E-state index contributed by atoms with van der Waals surface area (Å²) in [5, 5.41) is 6.32. The third-order valence-electron chi connectivity index (χ3n) is 5.07. The lowest BCUT2D eigenvalue weighted by Gasteiger charge is -2.36. The first-order valence-electron chi connectivity index (χ1n) is 10.8. The van der Waals surface area contributed by atoms with Crippen LogP contribution in [0.2, 0.25) is 0 Å². The Bertz CT molecular complexity index is 1140. The van der Waals surface area contributed by atoms with Crippen molar-refractivity contribution in [2.75, 3.05) is 34.4 Å². The molecular weight excluding hydrogens is 438 g/mol. The molecule has 2 unspecified atom stereocenters. The molecule has 172 valence electrons. The molecule has 3 aromatic rings. The topological polar surface area (TPSA) is 96.5 Å². The Balaban J connectivity index is 1.49. The molecule has 1 fully saturated rings. The summed E-state index contributed by atoms with van der Waals surface area (Å²) in [6.45, 7) is 6.99. The number of carbonyl (C=O) groups is 2. The van der Waals surface area contributed by atoms with Gasteiger partial charge in [-0.1, -0.05) is 23.9 Å². The quantitative estimate of drug-likeness (QED) is 0.533. The first-order valence-corrected chi connectivity index (χ1v) is 11.8. The minimum absolute atomic E-state index is 0.0867. The Morgan fingerprint density at radius 3 is 2.15 bits per heavy atom. The van der Waals surface area contributed by atoms with E-state index in [1.54, 1.807) is 24.3 Å². The second-order valence-corrected chi connectivity index (χ2v) is 9.06. The van der Waals surface area contributed by atoms with Gasteiger partial charge in [0.15, 0.2) is 5.82 Å². The number of hydrogen-bond donors (Lipinski definition) is 2. The van der Waals surface area contributed by atoms with Gasteiger partial charge in [-0.25, -0.2) is 9.97 Å². The second kappa shape index (κ2) is 10.2. The summed E-state index contributed by atoms with van der Waals surface area (Å²) in [5.41, 5.74) is 2.97. The van der Waals surface area contributed by atoms with Gasteiger partial charge in [0, 0.05) is 31.4 Å². The third kappa shape index (κ3) is 6.00. The van der Waals surface area contributed by atoms with E-state index in [1.807, 2.05) is 24.3 Å². The van der Waals surface area contributed by atoms with Crippen LogP contribution in [0.1, 0.15) is 20.8 Å². The number of aromatic nitrogens is 2. The maximum Gasteiger partial charge on any atom is 0.234 e. The highest BCUT2D eigenvalue weighted by Gasteiger charge is 2.26. The Morgan fingerprint density at radius 1 is 0.970 bits per heavy atom. The molecule has 0 aliphatic carbocycles. The lowest BCUT2D eigenvalue weighted by atomic mass is 10.2. The number of carbonyl (C=O) groups excluding carboxylic acids is 2. The van der Waals surface area contributed by atoms with Crippen molar-refractivity contribution in [3.63, 3.8) is 0 Å². The number of ether oxygens (including phenoxy) is 1. The molecular formula is C24H27N5O3S. The third-order valence-corrected chi connectivity index (χ3v) is 6.02. The summed E-state index contributed by atoms with van der Waals surface area (Å²) in [6, 6.07) is 14.8. The van der Waals surface area contributed by atoms with Crippen molar-refractivity contribution in [3.05, 3.63) is 48.5 Å². The normalized spacial score (nSPS) is 18.2. The van der Waals surface area contributed by atoms with Gasteiger partial charge in [0.2, 0.25) is 11.8 Å².